The number of rotatable bonds is 3. The summed E-state index contributed by atoms with van der Waals surface area (Å²) < 4.78 is 25.5. The minimum Gasteiger partial charge on any atom is -0.491 e. The molecular weight excluding hydrogens is 413 g/mol. The number of halogens is 1. The molecule has 0 aliphatic carbocycles. The molecule has 7 nitrogen and oxygen atoms in total. The van der Waals surface area contributed by atoms with Gasteiger partial charge in [0.1, 0.15) is 18.2 Å². The van der Waals surface area contributed by atoms with Crippen LogP contribution in [0.5, 0.6) is 5.75 Å². The first-order valence-electron chi connectivity index (χ1n) is 10.6. The lowest BCUT2D eigenvalue weighted by molar-refractivity contribution is 0.0281. The van der Waals surface area contributed by atoms with Gasteiger partial charge in [0.25, 0.3) is 11.8 Å². The fourth-order valence-electron chi connectivity index (χ4n) is 3.58. The Labute approximate surface area is 187 Å². The second-order valence-electron chi connectivity index (χ2n) is 8.20. The van der Waals surface area contributed by atoms with E-state index >= 15 is 0 Å². The SMILES string of the molecule is CO[C@H]1CN(C)C(=O)c2ccc(NC(=O)c3ccccc3F)cc2OC[C@H](C)NC[C@@H]1C. The van der Waals surface area contributed by atoms with Gasteiger partial charge in [-0.1, -0.05) is 19.1 Å². The molecular formula is C24H30FN3O4. The van der Waals surface area contributed by atoms with Gasteiger partial charge in [-0.25, -0.2) is 4.39 Å². The molecule has 2 aromatic rings. The van der Waals surface area contributed by atoms with E-state index < -0.39 is 11.7 Å². The zero-order valence-corrected chi connectivity index (χ0v) is 18.9. The molecule has 0 radical (unpaired) electrons. The second-order valence-corrected chi connectivity index (χ2v) is 8.20. The summed E-state index contributed by atoms with van der Waals surface area (Å²) in [5.74, 6) is -0.836. The molecule has 0 spiro atoms. The highest BCUT2D eigenvalue weighted by molar-refractivity contribution is 6.05. The van der Waals surface area contributed by atoms with Crippen LogP contribution in [0.15, 0.2) is 42.5 Å². The maximum atomic E-state index is 13.9. The molecule has 8 heteroatoms. The van der Waals surface area contributed by atoms with Crippen LogP contribution in [0.4, 0.5) is 10.1 Å². The van der Waals surface area contributed by atoms with E-state index in [-0.39, 0.29) is 29.5 Å². The highest BCUT2D eigenvalue weighted by Gasteiger charge is 2.25. The number of likely N-dealkylation sites (N-methyl/N-ethyl adjacent to an activating group) is 1. The van der Waals surface area contributed by atoms with Crippen molar-refractivity contribution in [1.82, 2.24) is 10.2 Å². The number of anilines is 1. The fourth-order valence-corrected chi connectivity index (χ4v) is 3.58. The number of benzene rings is 2. The molecule has 1 aliphatic rings. The van der Waals surface area contributed by atoms with Gasteiger partial charge in [0, 0.05) is 45.0 Å². The van der Waals surface area contributed by atoms with Crippen molar-refractivity contribution >= 4 is 17.5 Å². The number of ether oxygens (including phenoxy) is 2. The van der Waals surface area contributed by atoms with Crippen molar-refractivity contribution in [2.75, 3.05) is 39.2 Å². The molecule has 2 N–H and O–H groups in total. The summed E-state index contributed by atoms with van der Waals surface area (Å²) in [5, 5.41) is 6.10. The van der Waals surface area contributed by atoms with Crippen LogP contribution in [0, 0.1) is 11.7 Å². The summed E-state index contributed by atoms with van der Waals surface area (Å²) in [5.41, 5.74) is 0.727. The maximum Gasteiger partial charge on any atom is 0.258 e. The van der Waals surface area contributed by atoms with Crippen molar-refractivity contribution in [3.05, 3.63) is 59.4 Å². The molecule has 1 aliphatic heterocycles. The summed E-state index contributed by atoms with van der Waals surface area (Å²) in [6.07, 6.45) is -0.119. The molecule has 0 fully saturated rings. The quantitative estimate of drug-likeness (QED) is 0.762. The van der Waals surface area contributed by atoms with E-state index in [2.05, 4.69) is 17.6 Å². The molecule has 3 rings (SSSR count). The van der Waals surface area contributed by atoms with Gasteiger partial charge in [0.2, 0.25) is 0 Å². The number of carbonyl (C=O) groups excluding carboxylic acids is 2. The lowest BCUT2D eigenvalue weighted by Gasteiger charge is -2.30. The molecule has 32 heavy (non-hydrogen) atoms. The predicted octanol–water partition coefficient (Wildman–Crippen LogP) is 3.17. The fraction of sp³-hybridized carbons (Fsp3) is 0.417. The van der Waals surface area contributed by atoms with E-state index in [9.17, 15) is 14.0 Å². The van der Waals surface area contributed by atoms with E-state index in [1.54, 1.807) is 43.3 Å². The van der Waals surface area contributed by atoms with E-state index in [0.29, 0.717) is 30.2 Å². The van der Waals surface area contributed by atoms with Crippen molar-refractivity contribution in [1.29, 1.82) is 0 Å². The minimum atomic E-state index is -0.605. The standard InChI is InChI=1S/C24H30FN3O4/c1-15-12-26-16(2)14-32-21-11-17(27-23(29)18-7-5-6-8-20(18)25)9-10-19(21)24(30)28(3)13-22(15)31-4/h5-11,15-16,22,26H,12-14H2,1-4H3,(H,27,29)/t15-,16-,22-/m0/s1. The summed E-state index contributed by atoms with van der Waals surface area (Å²) in [7, 11) is 3.37. The van der Waals surface area contributed by atoms with Crippen molar-refractivity contribution in [2.24, 2.45) is 5.92 Å². The molecule has 0 aromatic heterocycles. The van der Waals surface area contributed by atoms with Crippen LogP contribution in [0.3, 0.4) is 0 Å². The van der Waals surface area contributed by atoms with Crippen molar-refractivity contribution in [3.63, 3.8) is 0 Å². The molecule has 0 saturated heterocycles. The second kappa shape index (κ2) is 10.6. The molecule has 0 bridgehead atoms. The highest BCUT2D eigenvalue weighted by Crippen LogP contribution is 2.26. The molecule has 0 unspecified atom stereocenters. The van der Waals surface area contributed by atoms with Crippen molar-refractivity contribution < 1.29 is 23.5 Å². The van der Waals surface area contributed by atoms with Gasteiger partial charge < -0.3 is 25.0 Å². The van der Waals surface area contributed by atoms with E-state index in [0.717, 1.165) is 6.54 Å². The van der Waals surface area contributed by atoms with E-state index in [4.69, 9.17) is 9.47 Å². The van der Waals surface area contributed by atoms with Crippen LogP contribution < -0.4 is 15.4 Å². The Hall–Kier alpha value is -2.97. The van der Waals surface area contributed by atoms with Crippen LogP contribution in [-0.4, -0.2) is 62.7 Å². The van der Waals surface area contributed by atoms with Crippen LogP contribution in [0.1, 0.15) is 34.6 Å². The number of hydrogen-bond acceptors (Lipinski definition) is 5. The first kappa shape index (κ1) is 23.7. The molecule has 2 amide bonds. The van der Waals surface area contributed by atoms with Gasteiger partial charge >= 0.3 is 0 Å². The van der Waals surface area contributed by atoms with Gasteiger partial charge in [-0.05, 0) is 37.1 Å². The van der Waals surface area contributed by atoms with Gasteiger partial charge in [-0.2, -0.15) is 0 Å². The van der Waals surface area contributed by atoms with E-state index in [1.807, 2.05) is 6.92 Å². The molecule has 0 saturated carbocycles. The van der Waals surface area contributed by atoms with Crippen molar-refractivity contribution in [3.8, 4) is 5.75 Å². The van der Waals surface area contributed by atoms with Crippen LogP contribution in [0.25, 0.3) is 0 Å². The van der Waals surface area contributed by atoms with Gasteiger partial charge in [-0.3, -0.25) is 9.59 Å². The van der Waals surface area contributed by atoms with Crippen molar-refractivity contribution in [2.45, 2.75) is 26.0 Å². The summed E-state index contributed by atoms with van der Waals surface area (Å²) in [6.45, 7) is 5.56. The molecule has 2 aromatic carbocycles. The Kier molecular flexibility index (Phi) is 7.82. The lowest BCUT2D eigenvalue weighted by Crippen LogP contribution is -2.44. The van der Waals surface area contributed by atoms with Crippen LogP contribution in [0.2, 0.25) is 0 Å². The van der Waals surface area contributed by atoms with Crippen LogP contribution in [-0.2, 0) is 4.74 Å². The smallest absolute Gasteiger partial charge is 0.258 e. The zero-order valence-electron chi connectivity index (χ0n) is 18.9. The number of nitrogens with one attached hydrogen (secondary N) is 2. The lowest BCUT2D eigenvalue weighted by atomic mass is 10.0. The molecule has 3 atom stereocenters. The minimum absolute atomic E-state index is 0.0340. The predicted molar refractivity (Wildman–Crippen MR) is 121 cm³/mol. The average molecular weight is 444 g/mol. The number of carbonyl (C=O) groups is 2. The Balaban J connectivity index is 1.88. The number of amides is 2. The third-order valence-electron chi connectivity index (χ3n) is 5.60. The molecule has 172 valence electrons. The number of nitrogens with zero attached hydrogens (tertiary/aromatic N) is 1. The Morgan fingerprint density at radius 2 is 2.00 bits per heavy atom. The Bertz CT molecular complexity index is 968. The Morgan fingerprint density at radius 1 is 1.25 bits per heavy atom. The first-order valence-corrected chi connectivity index (χ1v) is 10.6. The van der Waals surface area contributed by atoms with Gasteiger partial charge in [0.15, 0.2) is 0 Å². The monoisotopic (exact) mass is 443 g/mol. The number of methoxy groups -OCH3 is 1. The first-order chi connectivity index (χ1) is 15.3. The largest absolute Gasteiger partial charge is 0.491 e. The topological polar surface area (TPSA) is 79.9 Å². The highest BCUT2D eigenvalue weighted by atomic mass is 19.1. The summed E-state index contributed by atoms with van der Waals surface area (Å²) in [6, 6.07) is 10.6. The third-order valence-corrected chi connectivity index (χ3v) is 5.60. The normalized spacial score (nSPS) is 22.2. The number of hydrogen-bond donors (Lipinski definition) is 2. The van der Waals surface area contributed by atoms with Gasteiger partial charge in [0.05, 0.1) is 17.2 Å². The van der Waals surface area contributed by atoms with Crippen LogP contribution >= 0.6 is 0 Å². The van der Waals surface area contributed by atoms with Gasteiger partial charge in [-0.15, -0.1) is 0 Å². The number of fused-ring (bicyclic) bond motifs is 1. The zero-order chi connectivity index (χ0) is 23.3. The maximum absolute atomic E-state index is 13.9. The molecule has 1 heterocycles. The summed E-state index contributed by atoms with van der Waals surface area (Å²) in [4.78, 5) is 27.2. The van der Waals surface area contributed by atoms with E-state index in [1.165, 1.54) is 18.2 Å². The average Bonchev–Trinajstić information content (AvgIpc) is 2.78. The Morgan fingerprint density at radius 3 is 2.72 bits per heavy atom. The summed E-state index contributed by atoms with van der Waals surface area (Å²) >= 11 is 0. The third kappa shape index (κ3) is 5.63.